The van der Waals surface area contributed by atoms with Crippen LogP contribution in [0.15, 0.2) is 0 Å². The summed E-state index contributed by atoms with van der Waals surface area (Å²) in [5, 5.41) is 10.7. The number of aliphatic hydroxyl groups excluding tert-OH is 1. The molecule has 3 N–H and O–H groups in total. The molecule has 0 aliphatic heterocycles. The predicted octanol–water partition coefficient (Wildman–Crippen LogP) is 28.2. The minimum atomic E-state index is -4.97. The molecule has 0 radical (unpaired) electrons. The predicted molar refractivity (Wildman–Crippen MR) is 455 cm³/mol. The van der Waals surface area contributed by atoms with Gasteiger partial charge in [0.1, 0.15) is 19.3 Å². The van der Waals surface area contributed by atoms with Gasteiger partial charge in [0, 0.05) is 25.7 Å². The van der Waals surface area contributed by atoms with Crippen LogP contribution < -0.4 is 0 Å². The summed E-state index contributed by atoms with van der Waals surface area (Å²) in [6, 6.07) is 0. The minimum Gasteiger partial charge on any atom is -0.462 e. The first-order chi connectivity index (χ1) is 53.4. The van der Waals surface area contributed by atoms with Gasteiger partial charge in [-0.3, -0.25) is 37.3 Å². The van der Waals surface area contributed by atoms with Crippen molar-refractivity contribution in [3.8, 4) is 0 Å². The van der Waals surface area contributed by atoms with E-state index in [2.05, 4.69) is 41.5 Å². The normalized spacial score (nSPS) is 13.7. The first kappa shape index (κ1) is 108. The molecule has 0 rings (SSSR count). The van der Waals surface area contributed by atoms with E-state index in [0.29, 0.717) is 25.7 Å². The van der Waals surface area contributed by atoms with Crippen LogP contribution in [-0.4, -0.2) is 96.7 Å². The highest BCUT2D eigenvalue weighted by molar-refractivity contribution is 7.47. The lowest BCUT2D eigenvalue weighted by molar-refractivity contribution is -0.161. The summed E-state index contributed by atoms with van der Waals surface area (Å²) in [4.78, 5) is 73.4. The molecule has 110 heavy (non-hydrogen) atoms. The van der Waals surface area contributed by atoms with Gasteiger partial charge in [-0.05, 0) is 37.5 Å². The molecule has 17 nitrogen and oxygen atoms in total. The largest absolute Gasteiger partial charge is 0.472 e. The lowest BCUT2D eigenvalue weighted by Gasteiger charge is -2.21. The van der Waals surface area contributed by atoms with Crippen molar-refractivity contribution in [3.05, 3.63) is 0 Å². The number of phosphoric acid groups is 2. The summed E-state index contributed by atoms with van der Waals surface area (Å²) >= 11 is 0. The molecule has 0 saturated carbocycles. The van der Waals surface area contributed by atoms with Gasteiger partial charge in [-0.25, -0.2) is 9.13 Å². The van der Waals surface area contributed by atoms with Gasteiger partial charge in [0.2, 0.25) is 0 Å². The maximum Gasteiger partial charge on any atom is 0.472 e. The van der Waals surface area contributed by atoms with Crippen LogP contribution in [0.2, 0.25) is 0 Å². The third-order valence-electron chi connectivity index (χ3n) is 21.5. The third kappa shape index (κ3) is 84.0. The molecule has 0 fully saturated rings. The molecule has 5 atom stereocenters. The van der Waals surface area contributed by atoms with Crippen LogP contribution in [0.5, 0.6) is 0 Å². The smallest absolute Gasteiger partial charge is 0.462 e. The van der Waals surface area contributed by atoms with Gasteiger partial charge in [-0.1, -0.05) is 440 Å². The Morgan fingerprint density at radius 1 is 0.245 bits per heavy atom. The Morgan fingerprint density at radius 3 is 0.618 bits per heavy atom. The summed E-state index contributed by atoms with van der Waals surface area (Å²) in [6.45, 7) is 9.76. The van der Waals surface area contributed by atoms with Crippen LogP contribution in [0, 0.1) is 11.8 Å². The number of carbonyl (C=O) groups excluding carboxylic acids is 4. The quantitative estimate of drug-likeness (QED) is 0.0222. The highest BCUT2D eigenvalue weighted by Gasteiger charge is 2.31. The van der Waals surface area contributed by atoms with E-state index in [9.17, 15) is 43.2 Å². The maximum absolute atomic E-state index is 13.2. The van der Waals surface area contributed by atoms with Gasteiger partial charge in [-0.2, -0.15) is 0 Å². The van der Waals surface area contributed by atoms with Gasteiger partial charge in [0.15, 0.2) is 12.2 Å². The fourth-order valence-electron chi connectivity index (χ4n) is 14.3. The van der Waals surface area contributed by atoms with E-state index in [4.69, 9.17) is 37.0 Å². The van der Waals surface area contributed by atoms with Crippen LogP contribution in [0.4, 0.5) is 0 Å². The molecular weight excluding hydrogens is 1430 g/mol. The van der Waals surface area contributed by atoms with E-state index in [1.807, 2.05) is 0 Å². The van der Waals surface area contributed by atoms with Crippen LogP contribution >= 0.6 is 15.6 Å². The minimum absolute atomic E-state index is 0.108. The summed E-state index contributed by atoms with van der Waals surface area (Å²) in [7, 11) is -9.93. The van der Waals surface area contributed by atoms with Crippen molar-refractivity contribution in [2.45, 2.75) is 509 Å². The molecule has 0 bridgehead atoms. The van der Waals surface area contributed by atoms with Crippen LogP contribution in [0.25, 0.3) is 0 Å². The van der Waals surface area contributed by atoms with Crippen molar-refractivity contribution < 1.29 is 80.2 Å². The van der Waals surface area contributed by atoms with Crippen LogP contribution in [0.1, 0.15) is 491 Å². The molecule has 0 spiro atoms. The zero-order chi connectivity index (χ0) is 80.6. The van der Waals surface area contributed by atoms with E-state index in [1.54, 1.807) is 0 Å². The standard InChI is InChI=1S/C91H178O17P2/c1-7-9-11-13-15-17-19-20-21-22-23-24-25-26-27-34-39-45-51-57-63-69-75-90(95)108-87(80-102-89(94)74-68-62-56-50-44-38-33-29-28-31-36-42-47-53-59-65-71-83(3)4)82-106-110(99,100)104-78-85(92)77-103-109(97,98)105-81-86(79-101-88(93)73-67-61-55-49-41-18-16-14-12-10-8-2)107-91(96)76-70-64-58-52-46-40-35-30-32-37-43-48-54-60-66-72-84(5)6/h83-87,92H,7-82H2,1-6H3,(H,97,98)(H,99,100)/t85-,86+,87+/m0/s1. The van der Waals surface area contributed by atoms with E-state index in [-0.39, 0.29) is 25.7 Å². The number of hydrogen-bond donors (Lipinski definition) is 3. The second kappa shape index (κ2) is 82.2. The fourth-order valence-corrected chi connectivity index (χ4v) is 15.9. The molecule has 0 aliphatic carbocycles. The molecule has 0 aromatic heterocycles. The summed E-state index contributed by atoms with van der Waals surface area (Å²) in [6.07, 6.45) is 76.4. The van der Waals surface area contributed by atoms with Crippen molar-refractivity contribution in [3.63, 3.8) is 0 Å². The van der Waals surface area contributed by atoms with Gasteiger partial charge in [0.25, 0.3) is 0 Å². The zero-order valence-corrected chi connectivity index (χ0v) is 74.4. The van der Waals surface area contributed by atoms with Crippen molar-refractivity contribution in [2.24, 2.45) is 11.8 Å². The Labute approximate surface area is 677 Å². The van der Waals surface area contributed by atoms with Gasteiger partial charge >= 0.3 is 39.5 Å². The lowest BCUT2D eigenvalue weighted by Crippen LogP contribution is -2.30. The number of rotatable bonds is 90. The topological polar surface area (TPSA) is 237 Å². The van der Waals surface area contributed by atoms with Crippen molar-refractivity contribution in [1.29, 1.82) is 0 Å². The number of esters is 4. The van der Waals surface area contributed by atoms with Crippen LogP contribution in [-0.2, 0) is 65.4 Å². The average molecular weight is 1610 g/mol. The molecule has 0 aliphatic rings. The second-order valence-electron chi connectivity index (χ2n) is 33.6. The van der Waals surface area contributed by atoms with Crippen molar-refractivity contribution >= 4 is 39.5 Å². The van der Waals surface area contributed by atoms with Gasteiger partial charge < -0.3 is 33.8 Å². The summed E-state index contributed by atoms with van der Waals surface area (Å²) < 4.78 is 69.1. The Hall–Kier alpha value is -1.94. The van der Waals surface area contributed by atoms with E-state index in [0.717, 1.165) is 102 Å². The number of hydrogen-bond acceptors (Lipinski definition) is 15. The molecule has 0 heterocycles. The highest BCUT2D eigenvalue weighted by atomic mass is 31.2. The van der Waals surface area contributed by atoms with E-state index >= 15 is 0 Å². The molecule has 0 aromatic rings. The Kier molecular flexibility index (Phi) is 80.7. The Bertz CT molecular complexity index is 2100. The molecule has 19 heteroatoms. The SMILES string of the molecule is CCCCCCCCCCCCCCCCCCCCCCCCC(=O)O[C@H](COC(=O)CCCCCCCCCCCCCCCCCCC(C)C)COP(=O)(O)OC[C@@H](O)COP(=O)(O)OC[C@@H](COC(=O)CCCCCCCCCCCCC)OC(=O)CCCCCCCCCCCCCCCCCC(C)C. The molecule has 0 saturated heterocycles. The maximum atomic E-state index is 13.2. The van der Waals surface area contributed by atoms with E-state index in [1.165, 1.54) is 308 Å². The second-order valence-corrected chi connectivity index (χ2v) is 36.6. The van der Waals surface area contributed by atoms with Gasteiger partial charge in [-0.15, -0.1) is 0 Å². The number of aliphatic hydroxyl groups is 1. The highest BCUT2D eigenvalue weighted by Crippen LogP contribution is 2.45. The number of carbonyl (C=O) groups is 4. The summed E-state index contributed by atoms with van der Waals surface area (Å²) in [5.74, 6) is -0.480. The van der Waals surface area contributed by atoms with E-state index < -0.39 is 97.5 Å². The third-order valence-corrected chi connectivity index (χ3v) is 23.4. The first-order valence-electron chi connectivity index (χ1n) is 47.0. The van der Waals surface area contributed by atoms with Crippen LogP contribution in [0.3, 0.4) is 0 Å². The number of phosphoric ester groups is 2. The lowest BCUT2D eigenvalue weighted by atomic mass is 10.0. The number of ether oxygens (including phenoxy) is 4. The average Bonchev–Trinajstić information content (AvgIpc) is 0.899. The monoisotopic (exact) mass is 1610 g/mol. The zero-order valence-electron chi connectivity index (χ0n) is 72.6. The molecule has 0 aromatic carbocycles. The Morgan fingerprint density at radius 2 is 0.418 bits per heavy atom. The molecular formula is C91H178O17P2. The summed E-state index contributed by atoms with van der Waals surface area (Å²) in [5.41, 5.74) is 0. The molecule has 654 valence electrons. The fraction of sp³-hybridized carbons (Fsp3) is 0.956. The first-order valence-corrected chi connectivity index (χ1v) is 50.0. The van der Waals surface area contributed by atoms with Crippen molar-refractivity contribution in [1.82, 2.24) is 0 Å². The number of unbranched alkanes of at least 4 members (excludes halogenated alkanes) is 60. The Balaban J connectivity index is 5.23. The molecule has 0 amide bonds. The van der Waals surface area contributed by atoms with Crippen molar-refractivity contribution in [2.75, 3.05) is 39.6 Å². The molecule has 2 unspecified atom stereocenters. The van der Waals surface area contributed by atoms with Gasteiger partial charge in [0.05, 0.1) is 26.4 Å².